The molecule has 3 fully saturated rings. The Morgan fingerprint density at radius 2 is 1.68 bits per heavy atom. The van der Waals surface area contributed by atoms with Crippen molar-refractivity contribution in [2.45, 2.75) is 118 Å². The van der Waals surface area contributed by atoms with Gasteiger partial charge in [0.25, 0.3) is 0 Å². The van der Waals surface area contributed by atoms with Crippen molar-refractivity contribution in [2.24, 2.45) is 28.6 Å². The zero-order chi connectivity index (χ0) is 22.8. The highest BCUT2D eigenvalue weighted by atomic mass is 28.4. The van der Waals surface area contributed by atoms with Crippen LogP contribution in [0.5, 0.6) is 0 Å². The smallest absolute Gasteiger partial charge is 0.192 e. The van der Waals surface area contributed by atoms with Crippen LogP contribution in [-0.4, -0.2) is 14.4 Å². The lowest BCUT2D eigenvalue weighted by Gasteiger charge is -2.55. The molecule has 1 nitrogen and oxygen atoms in total. The number of hydrogen-bond acceptors (Lipinski definition) is 1. The van der Waals surface area contributed by atoms with Crippen LogP contribution in [0.1, 0.15) is 93.4 Å². The van der Waals surface area contributed by atoms with E-state index in [0.717, 1.165) is 18.3 Å². The van der Waals surface area contributed by atoms with Gasteiger partial charge in [-0.2, -0.15) is 0 Å². The van der Waals surface area contributed by atoms with E-state index in [1.54, 1.807) is 16.7 Å². The molecule has 2 unspecified atom stereocenters. The van der Waals surface area contributed by atoms with Crippen molar-refractivity contribution in [3.63, 3.8) is 0 Å². The molecule has 0 bridgehead atoms. The normalized spacial score (nSPS) is 39.7. The van der Waals surface area contributed by atoms with Gasteiger partial charge in [0, 0.05) is 6.10 Å². The molecule has 174 valence electrons. The monoisotopic (exact) mass is 440 g/mol. The van der Waals surface area contributed by atoms with Crippen LogP contribution in [0.2, 0.25) is 18.1 Å². The summed E-state index contributed by atoms with van der Waals surface area (Å²) >= 11 is 0. The summed E-state index contributed by atoms with van der Waals surface area (Å²) in [6.07, 6.45) is 17.1. The first-order valence-corrected chi connectivity index (χ1v) is 16.0. The van der Waals surface area contributed by atoms with Gasteiger partial charge in [0.1, 0.15) is 0 Å². The first kappa shape index (κ1) is 23.6. The van der Waals surface area contributed by atoms with Crippen LogP contribution in [0.25, 0.3) is 0 Å². The average Bonchev–Trinajstić information content (AvgIpc) is 3.04. The van der Waals surface area contributed by atoms with E-state index >= 15 is 0 Å². The Morgan fingerprint density at radius 1 is 1.03 bits per heavy atom. The van der Waals surface area contributed by atoms with Crippen molar-refractivity contribution in [2.75, 3.05) is 0 Å². The molecule has 4 aliphatic carbocycles. The van der Waals surface area contributed by atoms with Crippen LogP contribution in [0.15, 0.2) is 34.9 Å². The maximum absolute atomic E-state index is 7.02. The third-order valence-electron chi connectivity index (χ3n) is 11.2. The molecule has 0 aliphatic heterocycles. The molecule has 31 heavy (non-hydrogen) atoms. The van der Waals surface area contributed by atoms with Crippen molar-refractivity contribution in [3.8, 4) is 0 Å². The van der Waals surface area contributed by atoms with E-state index in [1.807, 2.05) is 0 Å². The first-order chi connectivity index (χ1) is 14.4. The molecule has 0 aromatic rings. The second kappa shape index (κ2) is 7.72. The van der Waals surface area contributed by atoms with Gasteiger partial charge in [0.05, 0.1) is 0 Å². The van der Waals surface area contributed by atoms with Gasteiger partial charge >= 0.3 is 0 Å². The van der Waals surface area contributed by atoms with Crippen molar-refractivity contribution < 1.29 is 4.43 Å². The summed E-state index contributed by atoms with van der Waals surface area (Å²) in [5, 5.41) is 0.294. The van der Waals surface area contributed by atoms with Gasteiger partial charge in [0.15, 0.2) is 8.32 Å². The van der Waals surface area contributed by atoms with E-state index in [1.165, 1.54) is 38.5 Å². The van der Waals surface area contributed by atoms with E-state index in [2.05, 4.69) is 79.8 Å². The Bertz CT molecular complexity index is 813. The van der Waals surface area contributed by atoms with Crippen molar-refractivity contribution in [3.05, 3.63) is 34.9 Å². The SMILES string of the molecule is C/C=C1/CCC2C3=CC=C4C[C@@H](O[Si](C)(C)C(C)(C)C(C)C)CC[C@]4(C)C3CC[C@]12C. The summed E-state index contributed by atoms with van der Waals surface area (Å²) in [4.78, 5) is 0. The summed E-state index contributed by atoms with van der Waals surface area (Å²) in [6, 6.07) is 0. The molecule has 0 heterocycles. The zero-order valence-corrected chi connectivity index (χ0v) is 22.9. The molecule has 0 spiro atoms. The van der Waals surface area contributed by atoms with Gasteiger partial charge in [-0.15, -0.1) is 0 Å². The van der Waals surface area contributed by atoms with Crippen molar-refractivity contribution >= 4 is 8.32 Å². The van der Waals surface area contributed by atoms with Crippen molar-refractivity contribution in [1.82, 2.24) is 0 Å². The fraction of sp³-hybridized carbons (Fsp3) is 0.793. The van der Waals surface area contributed by atoms with Gasteiger partial charge < -0.3 is 4.43 Å². The lowest BCUT2D eigenvalue weighted by Crippen LogP contribution is -2.50. The predicted octanol–water partition coefficient (Wildman–Crippen LogP) is 8.84. The molecular weight excluding hydrogens is 392 g/mol. The number of allylic oxidation sites excluding steroid dienone is 5. The molecule has 0 N–H and O–H groups in total. The molecule has 0 saturated heterocycles. The Kier molecular flexibility index (Phi) is 5.87. The third kappa shape index (κ3) is 3.50. The predicted molar refractivity (Wildman–Crippen MR) is 137 cm³/mol. The summed E-state index contributed by atoms with van der Waals surface area (Å²) in [5.74, 6) is 2.20. The summed E-state index contributed by atoms with van der Waals surface area (Å²) < 4.78 is 7.02. The second-order valence-electron chi connectivity index (χ2n) is 13.1. The van der Waals surface area contributed by atoms with Gasteiger partial charge in [-0.05, 0) is 98.6 Å². The van der Waals surface area contributed by atoms with Crippen LogP contribution in [0, 0.1) is 28.6 Å². The number of fused-ring (bicyclic) bond motifs is 5. The average molecular weight is 441 g/mol. The molecule has 5 atom stereocenters. The minimum atomic E-state index is -1.79. The topological polar surface area (TPSA) is 9.23 Å². The molecule has 3 saturated carbocycles. The third-order valence-corrected chi connectivity index (χ3v) is 15.8. The lowest BCUT2D eigenvalue weighted by molar-refractivity contribution is 0.0677. The lowest BCUT2D eigenvalue weighted by atomic mass is 9.51. The van der Waals surface area contributed by atoms with E-state index < -0.39 is 8.32 Å². The van der Waals surface area contributed by atoms with E-state index in [4.69, 9.17) is 4.43 Å². The molecule has 0 aromatic heterocycles. The molecule has 4 aliphatic rings. The maximum atomic E-state index is 7.02. The van der Waals surface area contributed by atoms with Crippen LogP contribution in [-0.2, 0) is 4.43 Å². The molecule has 0 amide bonds. The van der Waals surface area contributed by atoms with Crippen LogP contribution in [0.4, 0.5) is 0 Å². The summed E-state index contributed by atoms with van der Waals surface area (Å²) in [6.45, 7) is 21.9. The fourth-order valence-electron chi connectivity index (χ4n) is 7.66. The Morgan fingerprint density at radius 3 is 2.32 bits per heavy atom. The molecule has 4 rings (SSSR count). The highest BCUT2D eigenvalue weighted by Crippen LogP contribution is 2.65. The van der Waals surface area contributed by atoms with Crippen LogP contribution in [0.3, 0.4) is 0 Å². The highest BCUT2D eigenvalue weighted by molar-refractivity contribution is 6.74. The van der Waals surface area contributed by atoms with Crippen molar-refractivity contribution in [1.29, 1.82) is 0 Å². The Balaban J connectivity index is 1.57. The van der Waals surface area contributed by atoms with E-state index in [9.17, 15) is 0 Å². The summed E-state index contributed by atoms with van der Waals surface area (Å²) in [7, 11) is -1.79. The summed E-state index contributed by atoms with van der Waals surface area (Å²) in [5.41, 5.74) is 6.01. The van der Waals surface area contributed by atoms with Gasteiger partial charge in [-0.25, -0.2) is 0 Å². The fourth-order valence-corrected chi connectivity index (χ4v) is 10.4. The Hall–Kier alpha value is -0.603. The molecule has 0 aromatic carbocycles. The standard InChI is InChI=1S/C29H48OSi/c1-10-21-12-14-25-24-13-11-22-19-23(30-31(8,9)27(4,5)20(2)3)15-17-29(22,7)26(24)16-18-28(21,25)6/h10-11,13,20,23,25-26H,12,14-19H2,1-9H3/b21-10-/t23-,25?,26?,28+,29-/m0/s1. The van der Waals surface area contributed by atoms with E-state index in [0.29, 0.717) is 27.9 Å². The zero-order valence-electron chi connectivity index (χ0n) is 21.9. The second-order valence-corrected chi connectivity index (χ2v) is 17.6. The number of hydrogen-bond donors (Lipinski definition) is 0. The van der Waals surface area contributed by atoms with Gasteiger partial charge in [-0.3, -0.25) is 0 Å². The maximum Gasteiger partial charge on any atom is 0.192 e. The molecule has 0 radical (unpaired) electrons. The quantitative estimate of drug-likeness (QED) is 0.313. The van der Waals surface area contributed by atoms with Crippen LogP contribution < -0.4 is 0 Å². The number of rotatable bonds is 4. The van der Waals surface area contributed by atoms with E-state index in [-0.39, 0.29) is 0 Å². The minimum Gasteiger partial charge on any atom is -0.414 e. The molecular formula is C29H48OSi. The van der Waals surface area contributed by atoms with Gasteiger partial charge in [-0.1, -0.05) is 76.5 Å². The molecule has 2 heteroatoms. The first-order valence-electron chi connectivity index (χ1n) is 13.1. The highest BCUT2D eigenvalue weighted by Gasteiger charge is 2.55. The minimum absolute atomic E-state index is 0.294. The largest absolute Gasteiger partial charge is 0.414 e. The Labute approximate surface area is 193 Å². The van der Waals surface area contributed by atoms with Gasteiger partial charge in [0.2, 0.25) is 0 Å². The van der Waals surface area contributed by atoms with Crippen LogP contribution >= 0.6 is 0 Å².